The highest BCUT2D eigenvalue weighted by Crippen LogP contribution is 2.33. The number of carbonyl (C=O) groups excluding carboxylic acids is 1. The number of halogens is 3. The molecule has 0 aliphatic carbocycles. The maximum absolute atomic E-state index is 13.2. The Morgan fingerprint density at radius 1 is 1.03 bits per heavy atom. The SMILES string of the molecule is CCCCCCC(CC(=O)Oc1ccc(-c2ccc(CC)cn2)cc1)C(F)(F)F. The predicted molar refractivity (Wildman–Crippen MR) is 108 cm³/mol. The minimum absolute atomic E-state index is 0.0447. The van der Waals surface area contributed by atoms with Gasteiger partial charge in [-0.15, -0.1) is 0 Å². The number of pyridine rings is 1. The van der Waals surface area contributed by atoms with Gasteiger partial charge in [-0.05, 0) is 48.7 Å². The van der Waals surface area contributed by atoms with Crippen LogP contribution in [0.25, 0.3) is 11.3 Å². The minimum Gasteiger partial charge on any atom is -0.427 e. The standard InChI is InChI=1S/C23H28F3NO2/c1-3-5-6-7-8-19(23(24,25)26)15-22(28)29-20-12-10-18(11-13-20)21-14-9-17(4-2)16-27-21/h9-14,16,19H,3-8,15H2,1-2H3. The van der Waals surface area contributed by atoms with E-state index in [4.69, 9.17) is 4.74 Å². The van der Waals surface area contributed by atoms with Gasteiger partial charge >= 0.3 is 12.1 Å². The van der Waals surface area contributed by atoms with Gasteiger partial charge < -0.3 is 4.74 Å². The highest BCUT2D eigenvalue weighted by Gasteiger charge is 2.40. The second-order valence-corrected chi connectivity index (χ2v) is 7.20. The summed E-state index contributed by atoms with van der Waals surface area (Å²) in [6, 6.07) is 10.5. The molecular formula is C23H28F3NO2. The summed E-state index contributed by atoms with van der Waals surface area (Å²) in [5, 5.41) is 0. The highest BCUT2D eigenvalue weighted by atomic mass is 19.4. The van der Waals surface area contributed by atoms with E-state index < -0.39 is 24.5 Å². The number of unbranched alkanes of at least 4 members (excludes halogenated alkanes) is 3. The molecule has 0 aliphatic heterocycles. The summed E-state index contributed by atoms with van der Waals surface area (Å²) in [4.78, 5) is 16.4. The van der Waals surface area contributed by atoms with Crippen LogP contribution in [0.2, 0.25) is 0 Å². The maximum atomic E-state index is 13.2. The van der Waals surface area contributed by atoms with Crippen molar-refractivity contribution in [2.75, 3.05) is 0 Å². The molecule has 2 rings (SSSR count). The number of nitrogens with zero attached hydrogens (tertiary/aromatic N) is 1. The number of aromatic nitrogens is 1. The molecule has 1 heterocycles. The molecule has 29 heavy (non-hydrogen) atoms. The van der Waals surface area contributed by atoms with E-state index in [1.54, 1.807) is 30.5 Å². The molecule has 1 unspecified atom stereocenters. The fourth-order valence-corrected chi connectivity index (χ4v) is 3.07. The topological polar surface area (TPSA) is 39.2 Å². The van der Waals surface area contributed by atoms with Crippen molar-refractivity contribution in [2.24, 2.45) is 5.92 Å². The Labute approximate surface area is 170 Å². The van der Waals surface area contributed by atoms with Gasteiger partial charge in [-0.25, -0.2) is 0 Å². The Kier molecular flexibility index (Phi) is 8.68. The van der Waals surface area contributed by atoms with Crippen molar-refractivity contribution in [1.29, 1.82) is 0 Å². The molecule has 2 aromatic rings. The van der Waals surface area contributed by atoms with Gasteiger partial charge in [-0.1, -0.05) is 45.6 Å². The van der Waals surface area contributed by atoms with Crippen molar-refractivity contribution in [1.82, 2.24) is 4.98 Å². The average Bonchev–Trinajstić information content (AvgIpc) is 2.70. The van der Waals surface area contributed by atoms with Crippen molar-refractivity contribution in [2.45, 2.75) is 65.0 Å². The van der Waals surface area contributed by atoms with Crippen molar-refractivity contribution >= 4 is 5.97 Å². The fourth-order valence-electron chi connectivity index (χ4n) is 3.07. The Morgan fingerprint density at radius 3 is 2.31 bits per heavy atom. The Morgan fingerprint density at radius 2 is 1.76 bits per heavy atom. The number of alkyl halides is 3. The van der Waals surface area contributed by atoms with Crippen LogP contribution in [0.4, 0.5) is 13.2 Å². The highest BCUT2D eigenvalue weighted by molar-refractivity contribution is 5.73. The Balaban J connectivity index is 1.94. The summed E-state index contributed by atoms with van der Waals surface area (Å²) < 4.78 is 44.8. The van der Waals surface area contributed by atoms with Crippen LogP contribution in [-0.2, 0) is 11.2 Å². The number of ether oxygens (including phenoxy) is 1. The molecule has 1 aromatic heterocycles. The number of esters is 1. The first-order valence-corrected chi connectivity index (χ1v) is 10.2. The molecule has 0 amide bonds. The van der Waals surface area contributed by atoms with E-state index in [0.29, 0.717) is 6.42 Å². The number of aryl methyl sites for hydroxylation is 1. The van der Waals surface area contributed by atoms with Gasteiger partial charge in [0.2, 0.25) is 0 Å². The second kappa shape index (κ2) is 11.0. The summed E-state index contributed by atoms with van der Waals surface area (Å²) in [6.07, 6.45) is 0.668. The second-order valence-electron chi connectivity index (χ2n) is 7.20. The lowest BCUT2D eigenvalue weighted by Gasteiger charge is -2.19. The van der Waals surface area contributed by atoms with Crippen molar-refractivity contribution in [3.05, 3.63) is 48.2 Å². The van der Waals surface area contributed by atoms with Crippen LogP contribution in [0.3, 0.4) is 0 Å². The summed E-state index contributed by atoms with van der Waals surface area (Å²) >= 11 is 0. The third-order valence-corrected chi connectivity index (χ3v) is 4.90. The normalized spacial score (nSPS) is 12.6. The molecule has 3 nitrogen and oxygen atoms in total. The summed E-state index contributed by atoms with van der Waals surface area (Å²) in [5.41, 5.74) is 2.76. The van der Waals surface area contributed by atoms with Crippen LogP contribution < -0.4 is 4.74 Å². The number of benzene rings is 1. The summed E-state index contributed by atoms with van der Waals surface area (Å²) in [5.74, 6) is -2.29. The van der Waals surface area contributed by atoms with Crippen molar-refractivity contribution in [3.63, 3.8) is 0 Å². The first-order chi connectivity index (χ1) is 13.8. The molecule has 0 spiro atoms. The van der Waals surface area contributed by atoms with Crippen LogP contribution in [0.15, 0.2) is 42.6 Å². The molecule has 0 N–H and O–H groups in total. The van der Waals surface area contributed by atoms with E-state index in [1.165, 1.54) is 0 Å². The monoisotopic (exact) mass is 407 g/mol. The van der Waals surface area contributed by atoms with Gasteiger partial charge in [0.05, 0.1) is 18.0 Å². The molecule has 1 aromatic carbocycles. The first kappa shape index (κ1) is 22.9. The first-order valence-electron chi connectivity index (χ1n) is 10.2. The van der Waals surface area contributed by atoms with Crippen LogP contribution in [0.5, 0.6) is 5.75 Å². The summed E-state index contributed by atoms with van der Waals surface area (Å²) in [7, 11) is 0. The summed E-state index contributed by atoms with van der Waals surface area (Å²) in [6.45, 7) is 4.05. The van der Waals surface area contributed by atoms with Gasteiger partial charge in [-0.3, -0.25) is 9.78 Å². The molecule has 0 fully saturated rings. The minimum atomic E-state index is -4.40. The lowest BCUT2D eigenvalue weighted by atomic mass is 9.97. The lowest BCUT2D eigenvalue weighted by Crippen LogP contribution is -2.27. The fraction of sp³-hybridized carbons (Fsp3) is 0.478. The molecule has 0 saturated heterocycles. The van der Waals surface area contributed by atoms with Crippen LogP contribution in [-0.4, -0.2) is 17.1 Å². The van der Waals surface area contributed by atoms with E-state index in [-0.39, 0.29) is 12.2 Å². The lowest BCUT2D eigenvalue weighted by molar-refractivity contribution is -0.183. The van der Waals surface area contributed by atoms with Gasteiger partial charge in [0.15, 0.2) is 0 Å². The van der Waals surface area contributed by atoms with Gasteiger partial charge in [0, 0.05) is 11.8 Å². The van der Waals surface area contributed by atoms with E-state index >= 15 is 0 Å². The zero-order chi connectivity index (χ0) is 21.3. The molecule has 1 atom stereocenters. The molecular weight excluding hydrogens is 379 g/mol. The van der Waals surface area contributed by atoms with Crippen molar-refractivity contribution < 1.29 is 22.7 Å². The largest absolute Gasteiger partial charge is 0.427 e. The molecule has 0 aliphatic rings. The molecule has 6 heteroatoms. The third-order valence-electron chi connectivity index (χ3n) is 4.90. The number of hydrogen-bond donors (Lipinski definition) is 0. The number of hydrogen-bond acceptors (Lipinski definition) is 3. The van der Waals surface area contributed by atoms with E-state index in [2.05, 4.69) is 4.98 Å². The van der Waals surface area contributed by atoms with Crippen LogP contribution in [0, 0.1) is 5.92 Å². The molecule has 0 radical (unpaired) electrons. The van der Waals surface area contributed by atoms with E-state index in [1.807, 2.05) is 26.0 Å². The van der Waals surface area contributed by atoms with E-state index in [9.17, 15) is 18.0 Å². The number of carbonyl (C=O) groups is 1. The Hall–Kier alpha value is -2.37. The van der Waals surface area contributed by atoms with Gasteiger partial charge in [-0.2, -0.15) is 13.2 Å². The predicted octanol–water partition coefficient (Wildman–Crippen LogP) is 6.76. The third kappa shape index (κ3) is 7.52. The average molecular weight is 407 g/mol. The maximum Gasteiger partial charge on any atom is 0.392 e. The Bertz CT molecular complexity index is 755. The van der Waals surface area contributed by atoms with Crippen LogP contribution in [0.1, 0.15) is 57.9 Å². The quantitative estimate of drug-likeness (QED) is 0.248. The zero-order valence-electron chi connectivity index (χ0n) is 17.0. The van der Waals surface area contributed by atoms with E-state index in [0.717, 1.165) is 42.5 Å². The van der Waals surface area contributed by atoms with Gasteiger partial charge in [0.1, 0.15) is 5.75 Å². The zero-order valence-corrected chi connectivity index (χ0v) is 17.0. The molecule has 0 saturated carbocycles. The van der Waals surface area contributed by atoms with Crippen LogP contribution >= 0.6 is 0 Å². The van der Waals surface area contributed by atoms with Gasteiger partial charge in [0.25, 0.3) is 0 Å². The number of rotatable bonds is 10. The smallest absolute Gasteiger partial charge is 0.392 e. The molecule has 158 valence electrons. The molecule has 0 bridgehead atoms. The van der Waals surface area contributed by atoms with Crippen molar-refractivity contribution in [3.8, 4) is 17.0 Å².